The van der Waals surface area contributed by atoms with Crippen LogP contribution in [0.1, 0.15) is 41.9 Å². The van der Waals surface area contributed by atoms with E-state index in [9.17, 15) is 9.59 Å². The highest BCUT2D eigenvalue weighted by Gasteiger charge is 2.42. The van der Waals surface area contributed by atoms with E-state index in [0.29, 0.717) is 18.7 Å². The molecule has 4 heterocycles. The number of carbonyl (C=O) groups is 2. The van der Waals surface area contributed by atoms with Crippen molar-refractivity contribution in [3.8, 4) is 0 Å². The smallest absolute Gasteiger partial charge is 0.270 e. The third-order valence-corrected chi connectivity index (χ3v) is 5.73. The molecule has 26 heavy (non-hydrogen) atoms. The third kappa shape index (κ3) is 3.38. The Hall–Kier alpha value is -2.57. The van der Waals surface area contributed by atoms with Crippen molar-refractivity contribution < 1.29 is 9.59 Å². The molecule has 0 bridgehead atoms. The molecule has 2 aromatic heterocycles. The van der Waals surface area contributed by atoms with E-state index >= 15 is 0 Å². The zero-order valence-electron chi connectivity index (χ0n) is 14.9. The normalized spacial score (nSPS) is 23.6. The summed E-state index contributed by atoms with van der Waals surface area (Å²) in [6.45, 7) is 2.97. The number of likely N-dealkylation sites (tertiary alicyclic amines) is 2. The maximum Gasteiger partial charge on any atom is 0.270 e. The van der Waals surface area contributed by atoms with Crippen LogP contribution in [0.3, 0.4) is 0 Å². The Labute approximate surface area is 152 Å². The molecule has 4 rings (SSSR count). The number of aromatic amines is 2. The standard InChI is InChI=1S/C19H25N5O2/c25-17-4-7-19(12-23(17)10-5-15-11-20-14-22-15)6-2-9-24(13-19)18(26)16-3-1-8-21-16/h1,3,8,11,14,21H,2,4-7,9-10,12-13H2,(H,20,22)/t19-/m0/s1. The lowest BCUT2D eigenvalue weighted by atomic mass is 9.73. The summed E-state index contributed by atoms with van der Waals surface area (Å²) in [6.07, 6.45) is 9.57. The van der Waals surface area contributed by atoms with Gasteiger partial charge in [0.05, 0.1) is 6.33 Å². The summed E-state index contributed by atoms with van der Waals surface area (Å²) in [5, 5.41) is 0. The average Bonchev–Trinajstić information content (AvgIpc) is 3.36. The van der Waals surface area contributed by atoms with Gasteiger partial charge in [0, 0.05) is 62.5 Å². The van der Waals surface area contributed by atoms with Crippen LogP contribution in [0.25, 0.3) is 0 Å². The van der Waals surface area contributed by atoms with Gasteiger partial charge in [0.2, 0.25) is 5.91 Å². The fourth-order valence-electron chi connectivity index (χ4n) is 4.33. The highest BCUT2D eigenvalue weighted by atomic mass is 16.2. The van der Waals surface area contributed by atoms with Gasteiger partial charge in [0.25, 0.3) is 5.91 Å². The van der Waals surface area contributed by atoms with Crippen molar-refractivity contribution >= 4 is 11.8 Å². The van der Waals surface area contributed by atoms with Gasteiger partial charge in [-0.05, 0) is 31.4 Å². The molecule has 0 aliphatic carbocycles. The van der Waals surface area contributed by atoms with Gasteiger partial charge >= 0.3 is 0 Å². The van der Waals surface area contributed by atoms with Crippen molar-refractivity contribution in [2.75, 3.05) is 26.2 Å². The zero-order chi connectivity index (χ0) is 18.0. The molecule has 0 unspecified atom stereocenters. The summed E-state index contributed by atoms with van der Waals surface area (Å²) < 4.78 is 0. The molecular weight excluding hydrogens is 330 g/mol. The van der Waals surface area contributed by atoms with Crippen LogP contribution in [-0.4, -0.2) is 62.7 Å². The Morgan fingerprint density at radius 2 is 2.19 bits per heavy atom. The highest BCUT2D eigenvalue weighted by molar-refractivity contribution is 5.92. The van der Waals surface area contributed by atoms with Crippen LogP contribution < -0.4 is 0 Å². The van der Waals surface area contributed by atoms with E-state index in [1.165, 1.54) is 0 Å². The number of hydrogen-bond donors (Lipinski definition) is 2. The second-order valence-corrected chi connectivity index (χ2v) is 7.56. The Balaban J connectivity index is 1.43. The molecule has 7 heteroatoms. The van der Waals surface area contributed by atoms with Gasteiger partial charge in [-0.3, -0.25) is 9.59 Å². The van der Waals surface area contributed by atoms with Crippen molar-refractivity contribution in [3.63, 3.8) is 0 Å². The Bertz CT molecular complexity index is 755. The number of amides is 2. The number of piperidine rings is 2. The summed E-state index contributed by atoms with van der Waals surface area (Å²) >= 11 is 0. The molecule has 0 saturated carbocycles. The van der Waals surface area contributed by atoms with Gasteiger partial charge in [-0.15, -0.1) is 0 Å². The molecule has 138 valence electrons. The Kier molecular flexibility index (Phi) is 4.53. The Morgan fingerprint density at radius 3 is 2.96 bits per heavy atom. The van der Waals surface area contributed by atoms with E-state index in [1.807, 2.05) is 28.1 Å². The topological polar surface area (TPSA) is 85.1 Å². The second-order valence-electron chi connectivity index (χ2n) is 7.56. The summed E-state index contributed by atoms with van der Waals surface area (Å²) in [7, 11) is 0. The van der Waals surface area contributed by atoms with Crippen LogP contribution >= 0.6 is 0 Å². The van der Waals surface area contributed by atoms with Crippen molar-refractivity contribution in [2.45, 2.75) is 32.1 Å². The molecule has 1 atom stereocenters. The molecule has 2 amide bonds. The quantitative estimate of drug-likeness (QED) is 0.877. The Morgan fingerprint density at radius 1 is 1.27 bits per heavy atom. The van der Waals surface area contributed by atoms with E-state index in [2.05, 4.69) is 15.0 Å². The maximum absolute atomic E-state index is 12.7. The van der Waals surface area contributed by atoms with Crippen molar-refractivity contribution in [2.24, 2.45) is 5.41 Å². The van der Waals surface area contributed by atoms with Gasteiger partial charge in [-0.25, -0.2) is 4.98 Å². The highest BCUT2D eigenvalue weighted by Crippen LogP contribution is 2.39. The average molecular weight is 355 g/mol. The first-order valence-electron chi connectivity index (χ1n) is 9.33. The lowest BCUT2D eigenvalue weighted by Gasteiger charge is -2.48. The predicted octanol–water partition coefficient (Wildman–Crippen LogP) is 1.83. The number of rotatable bonds is 4. The SMILES string of the molecule is O=C1CC[C@@]2(CCCN(C(=O)c3ccc[nH]3)C2)CN1CCc1cnc[nH]1. The first-order chi connectivity index (χ1) is 12.7. The van der Waals surface area contributed by atoms with E-state index in [-0.39, 0.29) is 17.2 Å². The molecule has 2 N–H and O–H groups in total. The van der Waals surface area contributed by atoms with Crippen LogP contribution in [-0.2, 0) is 11.2 Å². The molecule has 2 aliphatic rings. The minimum Gasteiger partial charge on any atom is -0.357 e. The first kappa shape index (κ1) is 16.9. The molecule has 2 aliphatic heterocycles. The van der Waals surface area contributed by atoms with Gasteiger partial charge < -0.3 is 19.8 Å². The van der Waals surface area contributed by atoms with Gasteiger partial charge in [-0.1, -0.05) is 0 Å². The monoisotopic (exact) mass is 355 g/mol. The lowest BCUT2D eigenvalue weighted by Crippen LogP contribution is -2.55. The zero-order valence-corrected chi connectivity index (χ0v) is 14.9. The maximum atomic E-state index is 12.7. The molecule has 0 radical (unpaired) electrons. The molecule has 2 saturated heterocycles. The van der Waals surface area contributed by atoms with E-state index < -0.39 is 0 Å². The van der Waals surface area contributed by atoms with E-state index in [0.717, 1.165) is 51.0 Å². The number of hydrogen-bond acceptors (Lipinski definition) is 3. The van der Waals surface area contributed by atoms with Crippen LogP contribution in [0.2, 0.25) is 0 Å². The van der Waals surface area contributed by atoms with E-state index in [1.54, 1.807) is 12.5 Å². The second kappa shape index (κ2) is 6.97. The van der Waals surface area contributed by atoms with Crippen molar-refractivity contribution in [1.29, 1.82) is 0 Å². The van der Waals surface area contributed by atoms with Gasteiger partial charge in [0.1, 0.15) is 5.69 Å². The lowest BCUT2D eigenvalue weighted by molar-refractivity contribution is -0.138. The number of nitrogens with one attached hydrogen (secondary N) is 2. The molecule has 2 fully saturated rings. The van der Waals surface area contributed by atoms with Crippen LogP contribution in [0.5, 0.6) is 0 Å². The predicted molar refractivity (Wildman–Crippen MR) is 96.5 cm³/mol. The minimum absolute atomic E-state index is 0.0302. The fourth-order valence-corrected chi connectivity index (χ4v) is 4.33. The van der Waals surface area contributed by atoms with Crippen LogP contribution in [0.4, 0.5) is 0 Å². The minimum atomic E-state index is 0.0302. The van der Waals surface area contributed by atoms with Crippen LogP contribution in [0.15, 0.2) is 30.9 Å². The molecule has 1 spiro atoms. The van der Waals surface area contributed by atoms with Crippen molar-refractivity contribution in [1.82, 2.24) is 24.8 Å². The van der Waals surface area contributed by atoms with Crippen molar-refractivity contribution in [3.05, 3.63) is 42.2 Å². The van der Waals surface area contributed by atoms with Gasteiger partial charge in [0.15, 0.2) is 0 Å². The summed E-state index contributed by atoms with van der Waals surface area (Å²) in [5.74, 6) is 0.290. The summed E-state index contributed by atoms with van der Waals surface area (Å²) in [5.41, 5.74) is 1.72. The number of carbonyl (C=O) groups excluding carboxylic acids is 2. The van der Waals surface area contributed by atoms with Gasteiger partial charge in [-0.2, -0.15) is 0 Å². The summed E-state index contributed by atoms with van der Waals surface area (Å²) in [6, 6.07) is 3.67. The number of imidazole rings is 1. The largest absolute Gasteiger partial charge is 0.357 e. The fraction of sp³-hybridized carbons (Fsp3) is 0.526. The number of nitrogens with zero attached hydrogens (tertiary/aromatic N) is 3. The summed E-state index contributed by atoms with van der Waals surface area (Å²) in [4.78, 5) is 39.2. The molecule has 7 nitrogen and oxygen atoms in total. The third-order valence-electron chi connectivity index (χ3n) is 5.73. The number of H-pyrrole nitrogens is 2. The molecular formula is C19H25N5O2. The molecule has 0 aromatic carbocycles. The number of aromatic nitrogens is 3. The first-order valence-corrected chi connectivity index (χ1v) is 9.33. The molecule has 2 aromatic rings. The van der Waals surface area contributed by atoms with E-state index in [4.69, 9.17) is 0 Å². The van der Waals surface area contributed by atoms with Crippen LogP contribution in [0, 0.1) is 5.41 Å².